The molecule has 3 aromatic rings. The third-order valence-electron chi connectivity index (χ3n) is 5.25. The summed E-state index contributed by atoms with van der Waals surface area (Å²) in [5.41, 5.74) is 5.51. The number of H-pyrrole nitrogens is 1. The summed E-state index contributed by atoms with van der Waals surface area (Å²) in [5.74, 6) is 0.545. The monoisotopic (exact) mass is 381 g/mol. The first kappa shape index (κ1) is 17.9. The van der Waals surface area contributed by atoms with Gasteiger partial charge in [-0.2, -0.15) is 5.10 Å². The zero-order valence-electron chi connectivity index (χ0n) is 15.3. The topological polar surface area (TPSA) is 66.1 Å². The van der Waals surface area contributed by atoms with Gasteiger partial charge in [0.2, 0.25) is 0 Å². The average molecular weight is 382 g/mol. The van der Waals surface area contributed by atoms with Crippen molar-refractivity contribution in [2.45, 2.75) is 19.0 Å². The molecule has 140 valence electrons. The van der Waals surface area contributed by atoms with Crippen LogP contribution in [-0.2, 0) is 16.4 Å². The summed E-state index contributed by atoms with van der Waals surface area (Å²) in [7, 11) is -0.891. The van der Waals surface area contributed by atoms with E-state index in [1.807, 2.05) is 31.4 Å². The number of hydrogen-bond acceptors (Lipinski definition) is 4. The first-order valence-corrected chi connectivity index (χ1v) is 10.9. The van der Waals surface area contributed by atoms with Crippen LogP contribution in [0.5, 0.6) is 0 Å². The Hall–Kier alpha value is -2.44. The zero-order valence-corrected chi connectivity index (χ0v) is 16.1. The highest BCUT2D eigenvalue weighted by Gasteiger charge is 2.30. The van der Waals surface area contributed by atoms with E-state index in [9.17, 15) is 8.42 Å². The Bertz CT molecular complexity index is 1010. The van der Waals surface area contributed by atoms with Crippen LogP contribution in [0, 0.1) is 0 Å². The first-order valence-electron chi connectivity index (χ1n) is 9.10. The van der Waals surface area contributed by atoms with E-state index < -0.39 is 9.84 Å². The fourth-order valence-corrected chi connectivity index (χ4v) is 5.47. The van der Waals surface area contributed by atoms with E-state index in [1.165, 1.54) is 11.1 Å². The van der Waals surface area contributed by atoms with Crippen molar-refractivity contribution < 1.29 is 8.42 Å². The molecule has 1 aliphatic heterocycles. The summed E-state index contributed by atoms with van der Waals surface area (Å²) in [5, 5.41) is 7.32. The van der Waals surface area contributed by atoms with Gasteiger partial charge in [0, 0.05) is 18.2 Å². The van der Waals surface area contributed by atoms with Gasteiger partial charge in [0.15, 0.2) is 9.84 Å². The predicted octanol–water partition coefficient (Wildman–Crippen LogP) is 3.36. The van der Waals surface area contributed by atoms with Crippen molar-refractivity contribution in [1.82, 2.24) is 15.1 Å². The van der Waals surface area contributed by atoms with Crippen molar-refractivity contribution >= 4 is 9.84 Å². The van der Waals surface area contributed by atoms with Crippen LogP contribution < -0.4 is 0 Å². The summed E-state index contributed by atoms with van der Waals surface area (Å²) in [4.78, 5) is 2.12. The molecule has 0 amide bonds. The number of nitrogens with zero attached hydrogens (tertiary/aromatic N) is 2. The molecule has 1 aromatic heterocycles. The second kappa shape index (κ2) is 7.29. The fourth-order valence-electron chi connectivity index (χ4n) is 3.66. The molecular formula is C21H23N3O2S. The highest BCUT2D eigenvalue weighted by molar-refractivity contribution is 7.91. The average Bonchev–Trinajstić information content (AvgIpc) is 3.28. The number of nitrogens with one attached hydrogen (secondary N) is 1. The normalized spacial score (nSPS) is 18.8. The predicted molar refractivity (Wildman–Crippen MR) is 108 cm³/mol. The van der Waals surface area contributed by atoms with E-state index in [0.717, 1.165) is 16.8 Å². The minimum atomic E-state index is -2.88. The number of aromatic nitrogens is 2. The number of benzene rings is 2. The van der Waals surface area contributed by atoms with Crippen LogP contribution in [0.15, 0.2) is 60.8 Å². The van der Waals surface area contributed by atoms with E-state index in [1.54, 1.807) is 0 Å². The standard InChI is InChI=1S/C21H23N3O2S/c1-24(20-11-12-27(25,26)15-20)14-19-13-22-23-21(19)18-9-7-17(8-10-18)16-5-3-2-4-6-16/h2-10,13,20H,11-12,14-15H2,1H3,(H,22,23)/t20-/m0/s1. The Morgan fingerprint density at radius 1 is 1.04 bits per heavy atom. The zero-order chi connectivity index (χ0) is 18.9. The summed E-state index contributed by atoms with van der Waals surface area (Å²) >= 11 is 0. The van der Waals surface area contributed by atoms with Crippen molar-refractivity contribution in [2.24, 2.45) is 0 Å². The van der Waals surface area contributed by atoms with Crippen molar-refractivity contribution in [2.75, 3.05) is 18.6 Å². The van der Waals surface area contributed by atoms with Gasteiger partial charge in [0.1, 0.15) is 0 Å². The Morgan fingerprint density at radius 3 is 2.37 bits per heavy atom. The molecule has 1 fully saturated rings. The highest BCUT2D eigenvalue weighted by Crippen LogP contribution is 2.27. The number of hydrogen-bond donors (Lipinski definition) is 1. The molecule has 1 aliphatic rings. The second-order valence-corrected chi connectivity index (χ2v) is 9.41. The van der Waals surface area contributed by atoms with E-state index >= 15 is 0 Å². The second-order valence-electron chi connectivity index (χ2n) is 7.19. The summed E-state index contributed by atoms with van der Waals surface area (Å²) in [6, 6.07) is 18.8. The molecule has 4 rings (SSSR count). The highest BCUT2D eigenvalue weighted by atomic mass is 32.2. The third kappa shape index (κ3) is 3.96. The Kier molecular flexibility index (Phi) is 4.85. The molecule has 5 nitrogen and oxygen atoms in total. The Morgan fingerprint density at radius 2 is 1.70 bits per heavy atom. The molecule has 1 atom stereocenters. The molecular weight excluding hydrogens is 358 g/mol. The van der Waals surface area contributed by atoms with Crippen molar-refractivity contribution in [3.63, 3.8) is 0 Å². The smallest absolute Gasteiger partial charge is 0.151 e. The van der Waals surface area contributed by atoms with Crippen LogP contribution in [0.25, 0.3) is 22.4 Å². The molecule has 0 aliphatic carbocycles. The Balaban J connectivity index is 1.52. The first-order chi connectivity index (χ1) is 13.0. The Labute approximate surface area is 160 Å². The van der Waals surface area contributed by atoms with Gasteiger partial charge in [-0.1, -0.05) is 54.6 Å². The molecule has 2 aromatic carbocycles. The van der Waals surface area contributed by atoms with Gasteiger partial charge >= 0.3 is 0 Å². The van der Waals surface area contributed by atoms with Gasteiger partial charge in [-0.15, -0.1) is 0 Å². The molecule has 6 heteroatoms. The molecule has 2 heterocycles. The van der Waals surface area contributed by atoms with Crippen LogP contribution in [0.4, 0.5) is 0 Å². The quantitative estimate of drug-likeness (QED) is 0.736. The number of aromatic amines is 1. The summed E-state index contributed by atoms with van der Waals surface area (Å²) < 4.78 is 23.5. The van der Waals surface area contributed by atoms with Crippen molar-refractivity contribution in [1.29, 1.82) is 0 Å². The number of sulfone groups is 1. The van der Waals surface area contributed by atoms with Gasteiger partial charge < -0.3 is 0 Å². The SMILES string of the molecule is CN(Cc1cn[nH]c1-c1ccc(-c2ccccc2)cc1)[C@H]1CCS(=O)(=O)C1. The molecule has 0 bridgehead atoms. The third-order valence-corrected chi connectivity index (χ3v) is 7.00. The lowest BCUT2D eigenvalue weighted by atomic mass is 10.0. The molecule has 0 spiro atoms. The van der Waals surface area contributed by atoms with E-state index in [2.05, 4.69) is 51.5 Å². The van der Waals surface area contributed by atoms with Crippen LogP contribution in [0.2, 0.25) is 0 Å². The van der Waals surface area contributed by atoms with Crippen LogP contribution in [0.1, 0.15) is 12.0 Å². The fraction of sp³-hybridized carbons (Fsp3) is 0.286. The van der Waals surface area contributed by atoms with Crippen LogP contribution in [-0.4, -0.2) is 48.1 Å². The molecule has 1 N–H and O–H groups in total. The van der Waals surface area contributed by atoms with Crippen molar-refractivity contribution in [3.05, 3.63) is 66.4 Å². The largest absolute Gasteiger partial charge is 0.298 e. The summed E-state index contributed by atoms with van der Waals surface area (Å²) in [6.45, 7) is 0.673. The van der Waals surface area contributed by atoms with Crippen LogP contribution in [0.3, 0.4) is 0 Å². The lowest BCUT2D eigenvalue weighted by Crippen LogP contribution is -2.32. The van der Waals surface area contributed by atoms with E-state index in [-0.39, 0.29) is 11.8 Å². The van der Waals surface area contributed by atoms with Gasteiger partial charge in [-0.25, -0.2) is 8.42 Å². The van der Waals surface area contributed by atoms with Gasteiger partial charge in [0.25, 0.3) is 0 Å². The van der Waals surface area contributed by atoms with Crippen molar-refractivity contribution in [3.8, 4) is 22.4 Å². The van der Waals surface area contributed by atoms with Gasteiger partial charge in [-0.3, -0.25) is 10.00 Å². The number of rotatable bonds is 5. The molecule has 0 radical (unpaired) electrons. The minimum Gasteiger partial charge on any atom is -0.298 e. The molecule has 0 saturated carbocycles. The van der Waals surface area contributed by atoms with Gasteiger partial charge in [-0.05, 0) is 30.2 Å². The van der Waals surface area contributed by atoms with Gasteiger partial charge in [0.05, 0.1) is 23.4 Å². The van der Waals surface area contributed by atoms with E-state index in [0.29, 0.717) is 18.7 Å². The molecule has 0 unspecified atom stereocenters. The maximum atomic E-state index is 11.7. The maximum Gasteiger partial charge on any atom is 0.151 e. The van der Waals surface area contributed by atoms with E-state index in [4.69, 9.17) is 0 Å². The lowest BCUT2D eigenvalue weighted by Gasteiger charge is -2.22. The lowest BCUT2D eigenvalue weighted by molar-refractivity contribution is 0.254. The maximum absolute atomic E-state index is 11.7. The minimum absolute atomic E-state index is 0.0817. The van der Waals surface area contributed by atoms with Crippen LogP contribution >= 0.6 is 0 Å². The molecule has 27 heavy (non-hydrogen) atoms. The summed E-state index contributed by atoms with van der Waals surface area (Å²) in [6.07, 6.45) is 2.54. The molecule has 1 saturated heterocycles.